The van der Waals surface area contributed by atoms with Crippen LogP contribution in [0.5, 0.6) is 0 Å². The van der Waals surface area contributed by atoms with Crippen LogP contribution in [0.4, 0.5) is 0 Å². The van der Waals surface area contributed by atoms with Gasteiger partial charge in [0.05, 0.1) is 32.9 Å². The van der Waals surface area contributed by atoms with Crippen LogP contribution in [0.3, 0.4) is 0 Å². The number of aromatic nitrogens is 1. The third kappa shape index (κ3) is 4.96. The predicted molar refractivity (Wildman–Crippen MR) is 98.7 cm³/mol. The lowest BCUT2D eigenvalue weighted by Crippen LogP contribution is -3.00. The van der Waals surface area contributed by atoms with Crippen LogP contribution in [0.25, 0.3) is 10.9 Å². The Bertz CT molecular complexity index is 820. The quantitative estimate of drug-likeness (QED) is 0.439. The van der Waals surface area contributed by atoms with E-state index in [4.69, 9.17) is 0 Å². The zero-order valence-corrected chi connectivity index (χ0v) is 18.2. The maximum atomic E-state index is 11.6. The van der Waals surface area contributed by atoms with Gasteiger partial charge in [0, 0.05) is 29.9 Å². The highest BCUT2D eigenvalue weighted by Crippen LogP contribution is 2.34. The number of aryl methyl sites for hydroxylation is 1. The van der Waals surface area contributed by atoms with Crippen molar-refractivity contribution in [2.75, 3.05) is 40.0 Å². The molecule has 1 aliphatic heterocycles. The summed E-state index contributed by atoms with van der Waals surface area (Å²) in [6.07, 6.45) is 5.10. The number of aromatic amines is 1. The van der Waals surface area contributed by atoms with Crippen LogP contribution < -0.4 is 28.7 Å². The molecule has 3 rings (SSSR count). The van der Waals surface area contributed by atoms with Gasteiger partial charge in [-0.25, -0.2) is 13.1 Å². The summed E-state index contributed by atoms with van der Waals surface area (Å²) in [6, 6.07) is 6.26. The summed E-state index contributed by atoms with van der Waals surface area (Å²) in [5.74, 6) is 0.727. The molecule has 0 amide bonds. The molecule has 0 atom stereocenters. The summed E-state index contributed by atoms with van der Waals surface area (Å²) >= 11 is 0. The van der Waals surface area contributed by atoms with E-state index >= 15 is 0 Å². The number of H-pyrrole nitrogens is 1. The molecule has 2 heterocycles. The number of likely N-dealkylation sites (tertiary alicyclic amines) is 1. The van der Waals surface area contributed by atoms with Crippen LogP contribution >= 0.6 is 0 Å². The van der Waals surface area contributed by atoms with Crippen LogP contribution in [0.1, 0.15) is 29.9 Å². The van der Waals surface area contributed by atoms with Crippen molar-refractivity contribution in [3.05, 3.63) is 35.5 Å². The van der Waals surface area contributed by atoms with Gasteiger partial charge in [0.15, 0.2) is 0 Å². The van der Waals surface area contributed by atoms with Gasteiger partial charge >= 0.3 is 0 Å². The minimum atomic E-state index is -3.16. The normalized spacial score (nSPS) is 18.2. The minimum Gasteiger partial charge on any atom is -1.00 e. The van der Waals surface area contributed by atoms with E-state index < -0.39 is 10.0 Å². The van der Waals surface area contributed by atoms with Gasteiger partial charge in [-0.2, -0.15) is 0 Å². The van der Waals surface area contributed by atoms with Gasteiger partial charge in [-0.15, -0.1) is 0 Å². The number of sulfonamides is 1. The first-order valence-corrected chi connectivity index (χ1v) is 10.3. The Kier molecular flexibility index (Phi) is 6.56. The number of piperidine rings is 1. The fraction of sp³-hybridized carbons (Fsp3) is 0.556. The van der Waals surface area contributed by atoms with Gasteiger partial charge in [0.2, 0.25) is 10.0 Å². The van der Waals surface area contributed by atoms with E-state index in [9.17, 15) is 8.42 Å². The predicted octanol–water partition coefficient (Wildman–Crippen LogP) is -0.783. The molecular formula is C18H28IN3O2S. The lowest BCUT2D eigenvalue weighted by Gasteiger charge is -2.37. The van der Waals surface area contributed by atoms with Crippen molar-refractivity contribution in [3.63, 3.8) is 0 Å². The fourth-order valence-corrected chi connectivity index (χ4v) is 4.32. The van der Waals surface area contributed by atoms with Gasteiger partial charge < -0.3 is 33.4 Å². The van der Waals surface area contributed by atoms with Gasteiger partial charge in [-0.1, -0.05) is 6.07 Å². The molecular weight excluding hydrogens is 449 g/mol. The second-order valence-corrected chi connectivity index (χ2v) is 9.60. The molecule has 2 N–H and O–H groups in total. The molecule has 1 aliphatic rings. The highest BCUT2D eigenvalue weighted by molar-refractivity contribution is 7.89. The standard InChI is InChI=1S/C18H28N3O2S.HI/c1-19-24(22,23)11-8-14-4-5-18-16(12-14)17(13-20-18)15-6-9-21(2,3)10-7-15;/h4-5,12-13,15,19-20H,6-11H2,1-3H3;1H/q+1;/p-1. The third-order valence-corrected chi connectivity index (χ3v) is 6.72. The molecule has 25 heavy (non-hydrogen) atoms. The average molecular weight is 477 g/mol. The van der Waals surface area contributed by atoms with Crippen molar-refractivity contribution in [3.8, 4) is 0 Å². The maximum Gasteiger partial charge on any atom is 0.211 e. The molecule has 0 radical (unpaired) electrons. The second kappa shape index (κ2) is 7.94. The number of nitrogens with one attached hydrogen (secondary N) is 2. The van der Waals surface area contributed by atoms with Crippen molar-refractivity contribution < 1.29 is 36.9 Å². The van der Waals surface area contributed by atoms with E-state index in [2.05, 4.69) is 42.1 Å². The van der Waals surface area contributed by atoms with Crippen LogP contribution in [0.15, 0.2) is 24.4 Å². The van der Waals surface area contributed by atoms with Crippen molar-refractivity contribution in [2.45, 2.75) is 25.2 Å². The average Bonchev–Trinajstić information content (AvgIpc) is 2.96. The van der Waals surface area contributed by atoms with E-state index in [1.807, 2.05) is 6.07 Å². The van der Waals surface area contributed by atoms with Crippen molar-refractivity contribution in [1.29, 1.82) is 0 Å². The molecule has 1 aromatic carbocycles. The van der Waals surface area contributed by atoms with Crippen LogP contribution in [0.2, 0.25) is 0 Å². The third-order valence-electron chi connectivity index (χ3n) is 5.35. The van der Waals surface area contributed by atoms with Crippen LogP contribution in [-0.4, -0.2) is 57.9 Å². The molecule has 140 valence electrons. The van der Waals surface area contributed by atoms with Crippen molar-refractivity contribution in [1.82, 2.24) is 9.71 Å². The molecule has 0 saturated carbocycles. The first kappa shape index (κ1) is 20.7. The molecule has 0 bridgehead atoms. The summed E-state index contributed by atoms with van der Waals surface area (Å²) in [5.41, 5.74) is 3.61. The van der Waals surface area contributed by atoms with Crippen LogP contribution in [-0.2, 0) is 16.4 Å². The van der Waals surface area contributed by atoms with E-state index in [0.717, 1.165) is 15.6 Å². The number of halogens is 1. The SMILES string of the molecule is CNS(=O)(=O)CCc1ccc2[nH]cc(C3CC[N+](C)(C)CC3)c2c1.[I-]. The van der Waals surface area contributed by atoms with Gasteiger partial charge in [0.25, 0.3) is 0 Å². The monoisotopic (exact) mass is 477 g/mol. The number of benzene rings is 1. The maximum absolute atomic E-state index is 11.6. The summed E-state index contributed by atoms with van der Waals surface area (Å²) in [5, 5.41) is 1.26. The zero-order valence-electron chi connectivity index (χ0n) is 15.2. The smallest absolute Gasteiger partial charge is 0.211 e. The lowest BCUT2D eigenvalue weighted by molar-refractivity contribution is -0.895. The summed E-state index contributed by atoms with van der Waals surface area (Å²) in [7, 11) is 2.90. The van der Waals surface area contributed by atoms with E-state index in [-0.39, 0.29) is 29.7 Å². The second-order valence-electron chi connectivity index (χ2n) is 7.55. The largest absolute Gasteiger partial charge is 1.00 e. The molecule has 0 aliphatic carbocycles. The Hall–Kier alpha value is -0.640. The Morgan fingerprint density at radius 1 is 1.24 bits per heavy atom. The Morgan fingerprint density at radius 3 is 2.56 bits per heavy atom. The number of hydrogen-bond acceptors (Lipinski definition) is 2. The minimum absolute atomic E-state index is 0. The summed E-state index contributed by atoms with van der Waals surface area (Å²) in [4.78, 5) is 3.38. The Morgan fingerprint density at radius 2 is 1.92 bits per heavy atom. The molecule has 0 spiro atoms. The Labute approximate surface area is 167 Å². The Balaban J connectivity index is 0.00000225. The van der Waals surface area contributed by atoms with Gasteiger partial charge in [-0.3, -0.25) is 0 Å². The number of quaternary nitrogens is 1. The molecule has 0 unspecified atom stereocenters. The van der Waals surface area contributed by atoms with E-state index in [1.165, 1.54) is 43.9 Å². The topological polar surface area (TPSA) is 62.0 Å². The highest BCUT2D eigenvalue weighted by atomic mass is 127. The summed E-state index contributed by atoms with van der Waals surface area (Å²) < 4.78 is 26.8. The van der Waals surface area contributed by atoms with Crippen LogP contribution in [0, 0.1) is 0 Å². The number of hydrogen-bond donors (Lipinski definition) is 2. The number of rotatable bonds is 5. The molecule has 1 aromatic heterocycles. The lowest BCUT2D eigenvalue weighted by atomic mass is 9.88. The molecule has 2 aromatic rings. The molecule has 5 nitrogen and oxygen atoms in total. The molecule has 7 heteroatoms. The first-order valence-electron chi connectivity index (χ1n) is 8.63. The molecule has 1 saturated heterocycles. The number of nitrogens with zero attached hydrogens (tertiary/aromatic N) is 1. The first-order chi connectivity index (χ1) is 11.3. The number of fused-ring (bicyclic) bond motifs is 1. The highest BCUT2D eigenvalue weighted by Gasteiger charge is 2.28. The fourth-order valence-electron chi connectivity index (χ4n) is 3.61. The molecule has 1 fully saturated rings. The van der Waals surface area contributed by atoms with Gasteiger partial charge in [0.1, 0.15) is 0 Å². The van der Waals surface area contributed by atoms with E-state index in [1.54, 1.807) is 0 Å². The van der Waals surface area contributed by atoms with Crippen molar-refractivity contribution in [2.24, 2.45) is 0 Å². The zero-order chi connectivity index (χ0) is 17.4. The van der Waals surface area contributed by atoms with Crippen molar-refractivity contribution >= 4 is 20.9 Å². The summed E-state index contributed by atoms with van der Waals surface area (Å²) in [6.45, 7) is 2.41. The van der Waals surface area contributed by atoms with Gasteiger partial charge in [-0.05, 0) is 42.6 Å². The van der Waals surface area contributed by atoms with E-state index in [0.29, 0.717) is 12.3 Å².